The largest absolute Gasteiger partial charge is 0.348 e. The van der Waals surface area contributed by atoms with Gasteiger partial charge in [0.15, 0.2) is 5.11 Å². The molecule has 4 rings (SSSR count). The molecule has 0 aliphatic carbocycles. The maximum absolute atomic E-state index is 12.1. The molecule has 0 spiro atoms. The molecule has 0 amide bonds. The first-order chi connectivity index (χ1) is 11.6. The number of aryl methyl sites for hydroxylation is 1. The highest BCUT2D eigenvalue weighted by Gasteiger charge is 2.35. The van der Waals surface area contributed by atoms with Crippen molar-refractivity contribution in [1.82, 2.24) is 9.47 Å². The summed E-state index contributed by atoms with van der Waals surface area (Å²) in [4.78, 5) is 14.4. The molecule has 5 heteroatoms. The van der Waals surface area contributed by atoms with Crippen molar-refractivity contribution in [1.29, 1.82) is 0 Å². The lowest BCUT2D eigenvalue weighted by Gasteiger charge is -2.43. The van der Waals surface area contributed by atoms with E-state index in [0.29, 0.717) is 11.8 Å². The zero-order valence-electron chi connectivity index (χ0n) is 13.7. The molecule has 1 aromatic carbocycles. The molecule has 3 heterocycles. The zero-order chi connectivity index (χ0) is 16.7. The SMILES string of the molecule is Cc1cccc(NC(=S)N2C[C@H]3C[C@@H](C2)c2cccc(=O)n2C3)c1. The molecule has 24 heavy (non-hydrogen) atoms. The third-order valence-corrected chi connectivity index (χ3v) is 5.40. The van der Waals surface area contributed by atoms with Crippen LogP contribution in [0.25, 0.3) is 0 Å². The van der Waals surface area contributed by atoms with Gasteiger partial charge in [0.05, 0.1) is 0 Å². The fraction of sp³-hybridized carbons (Fsp3) is 0.368. The topological polar surface area (TPSA) is 37.3 Å². The fourth-order valence-electron chi connectivity index (χ4n) is 3.99. The summed E-state index contributed by atoms with van der Waals surface area (Å²) in [5.41, 5.74) is 3.52. The van der Waals surface area contributed by atoms with E-state index in [1.54, 1.807) is 6.07 Å². The van der Waals surface area contributed by atoms with Crippen LogP contribution in [0.2, 0.25) is 0 Å². The first-order valence-electron chi connectivity index (χ1n) is 8.42. The van der Waals surface area contributed by atoms with Gasteiger partial charge in [-0.15, -0.1) is 0 Å². The van der Waals surface area contributed by atoms with Crippen LogP contribution in [0.15, 0.2) is 47.3 Å². The lowest BCUT2D eigenvalue weighted by molar-refractivity contribution is 0.180. The molecule has 1 fully saturated rings. The number of pyridine rings is 1. The van der Waals surface area contributed by atoms with Crippen molar-refractivity contribution in [2.75, 3.05) is 18.4 Å². The second kappa shape index (κ2) is 6.06. The van der Waals surface area contributed by atoms with Crippen molar-refractivity contribution in [2.45, 2.75) is 25.8 Å². The van der Waals surface area contributed by atoms with Gasteiger partial charge in [0.1, 0.15) is 0 Å². The van der Waals surface area contributed by atoms with Crippen LogP contribution in [-0.4, -0.2) is 27.7 Å². The Bertz CT molecular complexity index is 845. The zero-order valence-corrected chi connectivity index (χ0v) is 14.6. The van der Waals surface area contributed by atoms with Gasteiger partial charge in [0.2, 0.25) is 0 Å². The normalized spacial score (nSPS) is 22.0. The molecule has 0 unspecified atom stereocenters. The summed E-state index contributed by atoms with van der Waals surface area (Å²) < 4.78 is 1.95. The molecule has 2 aromatic rings. The summed E-state index contributed by atoms with van der Waals surface area (Å²) in [5, 5.41) is 4.15. The van der Waals surface area contributed by atoms with Gasteiger partial charge in [0, 0.05) is 43.0 Å². The number of piperidine rings is 1. The summed E-state index contributed by atoms with van der Waals surface area (Å²) >= 11 is 5.65. The first-order valence-corrected chi connectivity index (χ1v) is 8.83. The number of fused-ring (bicyclic) bond motifs is 4. The second-order valence-corrected chi connectivity index (χ2v) is 7.29. The smallest absolute Gasteiger partial charge is 0.250 e. The number of benzene rings is 1. The third kappa shape index (κ3) is 2.84. The second-order valence-electron chi connectivity index (χ2n) is 6.90. The minimum atomic E-state index is 0.121. The molecule has 2 atom stereocenters. The monoisotopic (exact) mass is 339 g/mol. The van der Waals surface area contributed by atoms with Gasteiger partial charge < -0.3 is 14.8 Å². The average molecular weight is 339 g/mol. The highest BCUT2D eigenvalue weighted by atomic mass is 32.1. The molecule has 4 nitrogen and oxygen atoms in total. The predicted molar refractivity (Wildman–Crippen MR) is 101 cm³/mol. The van der Waals surface area contributed by atoms with Crippen LogP contribution in [-0.2, 0) is 6.54 Å². The quantitative estimate of drug-likeness (QED) is 0.811. The highest BCUT2D eigenvalue weighted by molar-refractivity contribution is 7.80. The number of nitrogens with zero attached hydrogens (tertiary/aromatic N) is 2. The first kappa shape index (κ1) is 15.4. The number of aromatic nitrogens is 1. The molecule has 2 bridgehead atoms. The van der Waals surface area contributed by atoms with Crippen LogP contribution in [0.3, 0.4) is 0 Å². The van der Waals surface area contributed by atoms with Gasteiger partial charge in [-0.2, -0.15) is 0 Å². The Morgan fingerprint density at radius 1 is 1.17 bits per heavy atom. The van der Waals surface area contributed by atoms with Gasteiger partial charge in [0.25, 0.3) is 5.56 Å². The Morgan fingerprint density at radius 3 is 2.83 bits per heavy atom. The summed E-state index contributed by atoms with van der Waals surface area (Å²) in [7, 11) is 0. The highest BCUT2D eigenvalue weighted by Crippen LogP contribution is 2.35. The van der Waals surface area contributed by atoms with Gasteiger partial charge in [-0.25, -0.2) is 0 Å². The Labute approximate surface area is 147 Å². The predicted octanol–water partition coefficient (Wildman–Crippen LogP) is 2.97. The Hall–Kier alpha value is -2.14. The fourth-order valence-corrected chi connectivity index (χ4v) is 4.25. The number of nitrogens with one attached hydrogen (secondary N) is 1. The number of thiocarbonyl (C=S) groups is 1. The van der Waals surface area contributed by atoms with Gasteiger partial charge in [-0.3, -0.25) is 4.79 Å². The van der Waals surface area contributed by atoms with Gasteiger partial charge in [-0.05, 0) is 55.2 Å². The van der Waals surface area contributed by atoms with E-state index in [1.165, 1.54) is 5.56 Å². The minimum Gasteiger partial charge on any atom is -0.348 e. The van der Waals surface area contributed by atoms with Crippen molar-refractivity contribution in [3.63, 3.8) is 0 Å². The standard InChI is InChI=1S/C19H21N3OS/c1-13-4-2-5-16(8-13)20-19(24)21-10-14-9-15(12-21)17-6-3-7-18(23)22(17)11-14/h2-8,14-15H,9-12H2,1H3,(H,20,24)/t14-,15+/m1/s1. The molecule has 1 saturated heterocycles. The van der Waals surface area contributed by atoms with Crippen LogP contribution < -0.4 is 10.9 Å². The van der Waals surface area contributed by atoms with E-state index in [9.17, 15) is 4.79 Å². The Morgan fingerprint density at radius 2 is 2.00 bits per heavy atom. The molecule has 2 aliphatic heterocycles. The number of rotatable bonds is 1. The maximum Gasteiger partial charge on any atom is 0.250 e. The van der Waals surface area contributed by atoms with Crippen LogP contribution in [0.4, 0.5) is 5.69 Å². The van der Waals surface area contributed by atoms with E-state index in [-0.39, 0.29) is 5.56 Å². The lowest BCUT2D eigenvalue weighted by atomic mass is 9.83. The number of hydrogen-bond acceptors (Lipinski definition) is 2. The number of hydrogen-bond donors (Lipinski definition) is 1. The molecular weight excluding hydrogens is 318 g/mol. The Kier molecular flexibility index (Phi) is 3.88. The van der Waals surface area contributed by atoms with Crippen LogP contribution >= 0.6 is 12.2 Å². The molecule has 1 aromatic heterocycles. The lowest BCUT2D eigenvalue weighted by Crippen LogP contribution is -2.50. The molecular formula is C19H21N3OS. The average Bonchev–Trinajstić information content (AvgIpc) is 2.56. The Balaban J connectivity index is 1.53. The molecule has 2 aliphatic rings. The van der Waals surface area contributed by atoms with E-state index >= 15 is 0 Å². The van der Waals surface area contributed by atoms with Crippen LogP contribution in [0.5, 0.6) is 0 Å². The van der Waals surface area contributed by atoms with Gasteiger partial charge >= 0.3 is 0 Å². The molecule has 0 radical (unpaired) electrons. The van der Waals surface area contributed by atoms with E-state index < -0.39 is 0 Å². The van der Waals surface area contributed by atoms with E-state index in [1.807, 2.05) is 22.8 Å². The van der Waals surface area contributed by atoms with Crippen LogP contribution in [0.1, 0.15) is 23.6 Å². The van der Waals surface area contributed by atoms with E-state index in [4.69, 9.17) is 12.2 Å². The summed E-state index contributed by atoms with van der Waals surface area (Å²) in [6, 6.07) is 13.9. The van der Waals surface area contributed by atoms with Crippen LogP contribution in [0, 0.1) is 12.8 Å². The molecule has 124 valence electrons. The van der Waals surface area contributed by atoms with E-state index in [0.717, 1.165) is 42.5 Å². The van der Waals surface area contributed by atoms with Crippen molar-refractivity contribution < 1.29 is 0 Å². The number of likely N-dealkylation sites (tertiary alicyclic amines) is 1. The van der Waals surface area contributed by atoms with Crippen molar-refractivity contribution in [2.24, 2.45) is 5.92 Å². The van der Waals surface area contributed by atoms with Gasteiger partial charge in [-0.1, -0.05) is 18.2 Å². The van der Waals surface area contributed by atoms with Crippen molar-refractivity contribution >= 4 is 23.0 Å². The molecule has 0 saturated carbocycles. The van der Waals surface area contributed by atoms with E-state index in [2.05, 4.69) is 35.3 Å². The minimum absolute atomic E-state index is 0.121. The third-order valence-electron chi connectivity index (χ3n) is 5.04. The summed E-state index contributed by atoms with van der Waals surface area (Å²) in [6.45, 7) is 4.66. The van der Waals surface area contributed by atoms with Crippen molar-refractivity contribution in [3.05, 3.63) is 64.1 Å². The molecule has 1 N–H and O–H groups in total. The number of anilines is 1. The summed E-state index contributed by atoms with van der Waals surface area (Å²) in [6.07, 6.45) is 1.15. The maximum atomic E-state index is 12.1. The summed E-state index contributed by atoms with van der Waals surface area (Å²) in [5.74, 6) is 0.859. The van der Waals surface area contributed by atoms with Crippen molar-refractivity contribution in [3.8, 4) is 0 Å².